The normalized spacial score (nSPS) is 26.1. The summed E-state index contributed by atoms with van der Waals surface area (Å²) in [5.74, 6) is 2.01. The zero-order chi connectivity index (χ0) is 37.5. The number of hydrogen-bond donors (Lipinski definition) is 3. The predicted octanol–water partition coefficient (Wildman–Crippen LogP) is 7.20. The molecule has 4 atom stereocenters. The molecule has 2 aliphatic heterocycles. The molecular weight excluding hydrogens is 661 g/mol. The molecule has 2 amide bonds. The first-order valence-electron chi connectivity index (χ1n) is 19.7. The van der Waals surface area contributed by atoms with Gasteiger partial charge in [-0.15, -0.1) is 0 Å². The van der Waals surface area contributed by atoms with Gasteiger partial charge in [-0.3, -0.25) is 14.5 Å². The largest absolute Gasteiger partial charge is 0.344 e. The molecule has 7 rings (SSSR count). The summed E-state index contributed by atoms with van der Waals surface area (Å²) < 4.78 is 0. The van der Waals surface area contributed by atoms with E-state index in [9.17, 15) is 9.59 Å². The number of aromatic nitrogens is 4. The second-order valence-electron chi connectivity index (χ2n) is 17.0. The second-order valence-corrected chi connectivity index (χ2v) is 17.0. The Labute approximate surface area is 315 Å². The van der Waals surface area contributed by atoms with Crippen molar-refractivity contribution >= 4 is 11.8 Å². The maximum atomic E-state index is 13.9. The molecule has 2 saturated heterocycles. The molecule has 3 aliphatic rings. The molecule has 0 unspecified atom stereocenters. The highest BCUT2D eigenvalue weighted by atomic mass is 16.2. The molecule has 4 N–H and O–H groups in total. The lowest BCUT2D eigenvalue weighted by molar-refractivity contribution is -0.137. The van der Waals surface area contributed by atoms with Crippen molar-refractivity contribution in [3.05, 3.63) is 95.5 Å². The summed E-state index contributed by atoms with van der Waals surface area (Å²) in [4.78, 5) is 50.0. The summed E-state index contributed by atoms with van der Waals surface area (Å²) >= 11 is 0. The van der Waals surface area contributed by atoms with E-state index in [-0.39, 0.29) is 46.7 Å². The molecule has 0 radical (unpaired) electrons. The van der Waals surface area contributed by atoms with Gasteiger partial charge in [0.05, 0.1) is 30.0 Å². The van der Waals surface area contributed by atoms with E-state index >= 15 is 0 Å². The fourth-order valence-corrected chi connectivity index (χ4v) is 8.99. The van der Waals surface area contributed by atoms with Crippen molar-refractivity contribution < 1.29 is 9.59 Å². The van der Waals surface area contributed by atoms with Crippen LogP contribution >= 0.6 is 0 Å². The molecule has 10 nitrogen and oxygen atoms in total. The minimum Gasteiger partial charge on any atom is -0.344 e. The van der Waals surface area contributed by atoms with Crippen molar-refractivity contribution in [3.8, 4) is 11.3 Å². The summed E-state index contributed by atoms with van der Waals surface area (Å²) in [6, 6.07) is 18.1. The van der Waals surface area contributed by atoms with Gasteiger partial charge in [-0.2, -0.15) is 0 Å². The van der Waals surface area contributed by atoms with Crippen molar-refractivity contribution in [2.45, 2.75) is 114 Å². The van der Waals surface area contributed by atoms with Crippen LogP contribution in [0.4, 0.5) is 0 Å². The van der Waals surface area contributed by atoms with Gasteiger partial charge in [0.1, 0.15) is 17.7 Å². The molecule has 2 aromatic carbocycles. The molecule has 3 fully saturated rings. The number of imidazole rings is 2. The number of hydrogen-bond acceptors (Lipinski definition) is 6. The van der Waals surface area contributed by atoms with Crippen LogP contribution in [0.25, 0.3) is 11.3 Å². The van der Waals surface area contributed by atoms with Gasteiger partial charge in [-0.05, 0) is 93.5 Å². The molecule has 4 aromatic rings. The molecular formula is C43H58N8O2. The predicted molar refractivity (Wildman–Crippen MR) is 209 cm³/mol. The Morgan fingerprint density at radius 1 is 0.792 bits per heavy atom. The molecule has 0 bridgehead atoms. The third-order valence-corrected chi connectivity index (χ3v) is 12.8. The van der Waals surface area contributed by atoms with E-state index in [1.807, 2.05) is 85.4 Å². The summed E-state index contributed by atoms with van der Waals surface area (Å²) in [5, 5.41) is 0. The monoisotopic (exact) mass is 718 g/mol. The first-order valence-corrected chi connectivity index (χ1v) is 19.7. The van der Waals surface area contributed by atoms with Gasteiger partial charge >= 0.3 is 0 Å². The lowest BCUT2D eigenvalue weighted by Gasteiger charge is -2.43. The van der Waals surface area contributed by atoms with Gasteiger partial charge in [-0.1, -0.05) is 82.3 Å². The fraction of sp³-hybridized carbons (Fsp3) is 0.535. The number of nitrogens with two attached hydrogens (primary N) is 1. The van der Waals surface area contributed by atoms with E-state index in [1.165, 1.54) is 11.3 Å². The van der Waals surface area contributed by atoms with Crippen LogP contribution in [0.5, 0.6) is 0 Å². The third kappa shape index (κ3) is 7.20. The summed E-state index contributed by atoms with van der Waals surface area (Å²) in [6.45, 7) is 10.2. The van der Waals surface area contributed by atoms with Gasteiger partial charge in [0.15, 0.2) is 0 Å². The number of nitrogens with zero attached hydrogens (tertiary/aromatic N) is 5. The number of H-pyrrole nitrogens is 2. The lowest BCUT2D eigenvalue weighted by atomic mass is 9.62. The lowest BCUT2D eigenvalue weighted by Crippen LogP contribution is -2.46. The quantitative estimate of drug-likeness (QED) is 0.159. The highest BCUT2D eigenvalue weighted by Crippen LogP contribution is 2.48. The Morgan fingerprint density at radius 3 is 1.96 bits per heavy atom. The number of likely N-dealkylation sites (N-methyl/N-ethyl adjacent to an activating group) is 1. The average Bonchev–Trinajstić information content (AvgIpc) is 3.99. The van der Waals surface area contributed by atoms with Crippen LogP contribution in [0, 0.1) is 5.92 Å². The van der Waals surface area contributed by atoms with Gasteiger partial charge in [0.2, 0.25) is 11.8 Å². The molecule has 0 spiro atoms. The molecule has 282 valence electrons. The summed E-state index contributed by atoms with van der Waals surface area (Å²) in [5.41, 5.74) is 12.0. The van der Waals surface area contributed by atoms with Gasteiger partial charge in [0.25, 0.3) is 0 Å². The Morgan fingerprint density at radius 2 is 1.36 bits per heavy atom. The first-order chi connectivity index (χ1) is 25.4. The number of benzene rings is 2. The highest BCUT2D eigenvalue weighted by Gasteiger charge is 2.42. The zero-order valence-corrected chi connectivity index (χ0v) is 32.4. The summed E-state index contributed by atoms with van der Waals surface area (Å²) in [6.07, 6.45) is 11.9. The molecule has 2 aromatic heterocycles. The number of rotatable bonds is 10. The Hall–Kier alpha value is -4.28. The van der Waals surface area contributed by atoms with Crippen LogP contribution in [-0.2, 0) is 20.4 Å². The number of likely N-dealkylation sites (tertiary alicyclic amines) is 2. The maximum absolute atomic E-state index is 13.9. The van der Waals surface area contributed by atoms with E-state index in [0.717, 1.165) is 92.9 Å². The van der Waals surface area contributed by atoms with Crippen molar-refractivity contribution in [2.75, 3.05) is 27.2 Å². The van der Waals surface area contributed by atoms with E-state index in [2.05, 4.69) is 48.1 Å². The van der Waals surface area contributed by atoms with Crippen molar-refractivity contribution in [2.24, 2.45) is 11.7 Å². The van der Waals surface area contributed by atoms with Crippen LogP contribution in [0.3, 0.4) is 0 Å². The van der Waals surface area contributed by atoms with Crippen LogP contribution in [-0.4, -0.2) is 79.7 Å². The number of aromatic amines is 2. The number of carbonyl (C=O) groups is 2. The van der Waals surface area contributed by atoms with E-state index in [1.54, 1.807) is 0 Å². The SMILES string of the molecule is CC(C)[C@H](N)C(=O)N1CCC[C@H]1c1ncc(C2(C)CCC(C)(c3ccc(-c4cnc([C@@H]5CCCN5C(=O)[C@@H](c5ccccc5)N(C)C)[nH]4)cc3)CC2)[nH]1. The minimum absolute atomic E-state index is 0.00194. The Balaban J connectivity index is 0.998. The van der Waals surface area contributed by atoms with Crippen LogP contribution in [0.1, 0.15) is 126 Å². The standard InChI is InChI=1S/C43H58N8O2/c1-28(2)36(44)40(52)50-24-10-15-34(50)39-46-27-35(48-39)43(4)22-20-42(3,21-23-43)31-18-16-29(17-19-31)32-26-45-38(47-32)33-14-11-25-51(33)41(53)37(49(5)6)30-12-8-7-9-13-30/h7-9,12-13,16-19,26-28,33-34,36-37H,10-11,14-15,20-25,44H2,1-6H3,(H,45,47)(H,46,48)/t33-,34-,36-,37+,42?,43?/m0/s1. The molecule has 1 saturated carbocycles. The fourth-order valence-electron chi connectivity index (χ4n) is 8.99. The highest BCUT2D eigenvalue weighted by molar-refractivity contribution is 5.84. The third-order valence-electron chi connectivity index (χ3n) is 12.8. The van der Waals surface area contributed by atoms with Gasteiger partial charge < -0.3 is 25.5 Å². The van der Waals surface area contributed by atoms with Crippen molar-refractivity contribution in [3.63, 3.8) is 0 Å². The zero-order valence-electron chi connectivity index (χ0n) is 32.4. The maximum Gasteiger partial charge on any atom is 0.245 e. The first kappa shape index (κ1) is 37.1. The Bertz CT molecular complexity index is 1870. The second kappa shape index (κ2) is 14.9. The molecule has 10 heteroatoms. The van der Waals surface area contributed by atoms with E-state index in [4.69, 9.17) is 15.7 Å². The smallest absolute Gasteiger partial charge is 0.245 e. The van der Waals surface area contributed by atoms with Gasteiger partial charge in [-0.25, -0.2) is 9.97 Å². The number of nitrogens with one attached hydrogen (secondary N) is 2. The average molecular weight is 719 g/mol. The number of carbonyl (C=O) groups excluding carboxylic acids is 2. The minimum atomic E-state index is -0.480. The van der Waals surface area contributed by atoms with E-state index in [0.29, 0.717) is 0 Å². The van der Waals surface area contributed by atoms with Crippen LogP contribution < -0.4 is 5.73 Å². The number of amides is 2. The van der Waals surface area contributed by atoms with Crippen molar-refractivity contribution in [1.82, 2.24) is 34.6 Å². The van der Waals surface area contributed by atoms with Crippen LogP contribution in [0.2, 0.25) is 0 Å². The summed E-state index contributed by atoms with van der Waals surface area (Å²) in [7, 11) is 3.94. The van der Waals surface area contributed by atoms with Gasteiger partial charge in [0, 0.05) is 30.4 Å². The molecule has 1 aliphatic carbocycles. The molecule has 4 heterocycles. The van der Waals surface area contributed by atoms with Crippen molar-refractivity contribution in [1.29, 1.82) is 0 Å². The Kier molecular flexibility index (Phi) is 10.4. The molecule has 53 heavy (non-hydrogen) atoms. The van der Waals surface area contributed by atoms with E-state index < -0.39 is 6.04 Å². The topological polar surface area (TPSA) is 127 Å². The van der Waals surface area contributed by atoms with Crippen LogP contribution in [0.15, 0.2) is 67.0 Å².